The number of aliphatic hydroxyl groups is 1. The molecule has 2 heterocycles. The zero-order valence-electron chi connectivity index (χ0n) is 15.0. The zero-order chi connectivity index (χ0) is 17.6. The van der Waals surface area contributed by atoms with E-state index in [2.05, 4.69) is 36.0 Å². The van der Waals surface area contributed by atoms with Gasteiger partial charge in [0.2, 0.25) is 0 Å². The second kappa shape index (κ2) is 8.44. The minimum atomic E-state index is -0.0401. The van der Waals surface area contributed by atoms with Crippen molar-refractivity contribution < 1.29 is 9.90 Å². The molecule has 2 amide bonds. The number of rotatable bonds is 5. The Balaban J connectivity index is 1.97. The SMILES string of the molecule is CC(C)(C)CC(NC(=O)N1CCN(CCO)CC1)c1cccnc1. The summed E-state index contributed by atoms with van der Waals surface area (Å²) in [6.45, 7) is 10.4. The highest BCUT2D eigenvalue weighted by molar-refractivity contribution is 5.74. The van der Waals surface area contributed by atoms with Crippen LogP contribution in [0.5, 0.6) is 0 Å². The van der Waals surface area contributed by atoms with Crippen LogP contribution in [0.4, 0.5) is 4.79 Å². The molecule has 6 nitrogen and oxygen atoms in total. The van der Waals surface area contributed by atoms with Crippen molar-refractivity contribution in [3.05, 3.63) is 30.1 Å². The second-order valence-electron chi connectivity index (χ2n) is 7.61. The molecule has 24 heavy (non-hydrogen) atoms. The highest BCUT2D eigenvalue weighted by Crippen LogP contribution is 2.29. The van der Waals surface area contributed by atoms with E-state index in [1.807, 2.05) is 23.2 Å². The number of pyridine rings is 1. The summed E-state index contributed by atoms with van der Waals surface area (Å²) in [6.07, 6.45) is 4.44. The predicted molar refractivity (Wildman–Crippen MR) is 94.7 cm³/mol. The van der Waals surface area contributed by atoms with Gasteiger partial charge < -0.3 is 15.3 Å². The van der Waals surface area contributed by atoms with Crippen LogP contribution in [0.2, 0.25) is 0 Å². The van der Waals surface area contributed by atoms with Crippen molar-refractivity contribution in [1.29, 1.82) is 0 Å². The number of aromatic nitrogens is 1. The Hall–Kier alpha value is -1.66. The van der Waals surface area contributed by atoms with Gasteiger partial charge in [0.1, 0.15) is 0 Å². The fourth-order valence-electron chi connectivity index (χ4n) is 3.00. The van der Waals surface area contributed by atoms with E-state index in [1.165, 1.54) is 0 Å². The first-order valence-corrected chi connectivity index (χ1v) is 8.67. The van der Waals surface area contributed by atoms with E-state index < -0.39 is 0 Å². The maximum absolute atomic E-state index is 12.7. The molecule has 134 valence electrons. The van der Waals surface area contributed by atoms with Crippen molar-refractivity contribution in [2.24, 2.45) is 5.41 Å². The Labute approximate surface area is 144 Å². The lowest BCUT2D eigenvalue weighted by atomic mass is 9.86. The zero-order valence-corrected chi connectivity index (χ0v) is 15.0. The number of amides is 2. The number of β-amino-alcohol motifs (C(OH)–C–C–N with tert-alkyl or cyclic N) is 1. The summed E-state index contributed by atoms with van der Waals surface area (Å²) in [5, 5.41) is 12.2. The average molecular weight is 334 g/mol. The molecule has 2 rings (SSSR count). The fraction of sp³-hybridized carbons (Fsp3) is 0.667. The molecule has 1 aliphatic rings. The molecule has 0 radical (unpaired) electrons. The van der Waals surface area contributed by atoms with Gasteiger partial charge in [-0.3, -0.25) is 9.88 Å². The third-order valence-corrected chi connectivity index (χ3v) is 4.28. The first kappa shape index (κ1) is 18.7. The number of nitrogens with one attached hydrogen (secondary N) is 1. The summed E-state index contributed by atoms with van der Waals surface area (Å²) in [7, 11) is 0. The van der Waals surface area contributed by atoms with Crippen molar-refractivity contribution >= 4 is 6.03 Å². The van der Waals surface area contributed by atoms with Crippen LogP contribution in [-0.4, -0.2) is 65.3 Å². The van der Waals surface area contributed by atoms with Gasteiger partial charge in [0, 0.05) is 45.1 Å². The van der Waals surface area contributed by atoms with Crippen molar-refractivity contribution in [3.8, 4) is 0 Å². The standard InChI is InChI=1S/C18H30N4O2/c1-18(2,3)13-16(15-5-4-6-19-14-15)20-17(24)22-9-7-21(8-10-22)11-12-23/h4-6,14,16,23H,7-13H2,1-3H3,(H,20,24). The van der Waals surface area contributed by atoms with Crippen molar-refractivity contribution in [2.45, 2.75) is 33.2 Å². The highest BCUT2D eigenvalue weighted by Gasteiger charge is 2.26. The number of hydrogen-bond donors (Lipinski definition) is 2. The summed E-state index contributed by atoms with van der Waals surface area (Å²) in [4.78, 5) is 20.9. The van der Waals surface area contributed by atoms with Crippen LogP contribution in [0.1, 0.15) is 38.8 Å². The van der Waals surface area contributed by atoms with Gasteiger partial charge in [0.05, 0.1) is 12.6 Å². The van der Waals surface area contributed by atoms with Gasteiger partial charge in [-0.1, -0.05) is 26.8 Å². The summed E-state index contributed by atoms with van der Waals surface area (Å²) >= 11 is 0. The van der Waals surface area contributed by atoms with Gasteiger partial charge in [-0.05, 0) is 23.5 Å². The molecule has 0 aromatic carbocycles. The monoisotopic (exact) mass is 334 g/mol. The molecule has 1 unspecified atom stereocenters. The molecule has 0 saturated carbocycles. The van der Waals surface area contributed by atoms with Gasteiger partial charge in [0.25, 0.3) is 0 Å². The molecule has 1 aromatic heterocycles. The summed E-state index contributed by atoms with van der Waals surface area (Å²) in [5.41, 5.74) is 1.15. The van der Waals surface area contributed by atoms with E-state index >= 15 is 0 Å². The Morgan fingerprint density at radius 2 is 2.04 bits per heavy atom. The molecule has 1 atom stereocenters. The molecule has 1 saturated heterocycles. The van der Waals surface area contributed by atoms with Crippen LogP contribution in [0.25, 0.3) is 0 Å². The maximum atomic E-state index is 12.7. The number of nitrogens with zero attached hydrogens (tertiary/aromatic N) is 3. The molecule has 6 heteroatoms. The second-order valence-corrected chi connectivity index (χ2v) is 7.61. The minimum absolute atomic E-state index is 0.0169. The first-order valence-electron chi connectivity index (χ1n) is 8.67. The summed E-state index contributed by atoms with van der Waals surface area (Å²) in [6, 6.07) is 3.87. The molecule has 1 aliphatic heterocycles. The molecule has 0 spiro atoms. The summed E-state index contributed by atoms with van der Waals surface area (Å²) < 4.78 is 0. The molecule has 0 bridgehead atoms. The molecule has 0 aliphatic carbocycles. The number of carbonyl (C=O) groups is 1. The van der Waals surface area contributed by atoms with Gasteiger partial charge >= 0.3 is 6.03 Å². The number of piperazine rings is 1. The van der Waals surface area contributed by atoms with Crippen LogP contribution >= 0.6 is 0 Å². The number of aliphatic hydroxyl groups excluding tert-OH is 1. The third-order valence-electron chi connectivity index (χ3n) is 4.28. The van der Waals surface area contributed by atoms with Crippen LogP contribution in [0.15, 0.2) is 24.5 Å². The van der Waals surface area contributed by atoms with E-state index in [0.717, 1.165) is 25.1 Å². The van der Waals surface area contributed by atoms with E-state index in [1.54, 1.807) is 6.20 Å². The first-order chi connectivity index (χ1) is 11.4. The van der Waals surface area contributed by atoms with Gasteiger partial charge in [-0.2, -0.15) is 0 Å². The van der Waals surface area contributed by atoms with E-state index in [-0.39, 0.29) is 24.1 Å². The third kappa shape index (κ3) is 5.76. The van der Waals surface area contributed by atoms with Crippen LogP contribution < -0.4 is 5.32 Å². The van der Waals surface area contributed by atoms with Gasteiger partial charge in [-0.25, -0.2) is 4.79 Å². The lowest BCUT2D eigenvalue weighted by molar-refractivity contribution is 0.119. The molecular formula is C18H30N4O2. The Morgan fingerprint density at radius 3 is 2.58 bits per heavy atom. The lowest BCUT2D eigenvalue weighted by Crippen LogP contribution is -2.52. The largest absolute Gasteiger partial charge is 0.395 e. The predicted octanol–water partition coefficient (Wildman–Crippen LogP) is 1.88. The number of carbonyl (C=O) groups excluding carboxylic acids is 1. The minimum Gasteiger partial charge on any atom is -0.395 e. The summed E-state index contributed by atoms with van der Waals surface area (Å²) in [5.74, 6) is 0. The van der Waals surface area contributed by atoms with E-state index in [4.69, 9.17) is 5.11 Å². The van der Waals surface area contributed by atoms with Gasteiger partial charge in [-0.15, -0.1) is 0 Å². The quantitative estimate of drug-likeness (QED) is 0.863. The van der Waals surface area contributed by atoms with Gasteiger partial charge in [0.15, 0.2) is 0 Å². The van der Waals surface area contributed by atoms with E-state index in [9.17, 15) is 4.79 Å². The normalized spacial score (nSPS) is 17.6. The van der Waals surface area contributed by atoms with Crippen LogP contribution in [-0.2, 0) is 0 Å². The number of urea groups is 1. The van der Waals surface area contributed by atoms with Crippen molar-refractivity contribution in [3.63, 3.8) is 0 Å². The van der Waals surface area contributed by atoms with Crippen molar-refractivity contribution in [1.82, 2.24) is 20.1 Å². The van der Waals surface area contributed by atoms with Crippen LogP contribution in [0, 0.1) is 5.41 Å². The molecule has 1 fully saturated rings. The fourth-order valence-corrected chi connectivity index (χ4v) is 3.00. The van der Waals surface area contributed by atoms with Crippen molar-refractivity contribution in [2.75, 3.05) is 39.3 Å². The smallest absolute Gasteiger partial charge is 0.317 e. The lowest BCUT2D eigenvalue weighted by Gasteiger charge is -2.36. The molecule has 2 N–H and O–H groups in total. The Morgan fingerprint density at radius 1 is 1.33 bits per heavy atom. The number of hydrogen-bond acceptors (Lipinski definition) is 4. The maximum Gasteiger partial charge on any atom is 0.317 e. The molecular weight excluding hydrogens is 304 g/mol. The Bertz CT molecular complexity index is 508. The van der Waals surface area contributed by atoms with E-state index in [0.29, 0.717) is 19.6 Å². The highest BCUT2D eigenvalue weighted by atomic mass is 16.3. The molecule has 1 aromatic rings. The topological polar surface area (TPSA) is 68.7 Å². The Kier molecular flexibility index (Phi) is 6.57. The van der Waals surface area contributed by atoms with Crippen LogP contribution in [0.3, 0.4) is 0 Å². The average Bonchev–Trinajstić information content (AvgIpc) is 2.55.